The van der Waals surface area contributed by atoms with Crippen molar-refractivity contribution < 1.29 is 14.3 Å². The van der Waals surface area contributed by atoms with Gasteiger partial charge < -0.3 is 9.47 Å². The van der Waals surface area contributed by atoms with Crippen molar-refractivity contribution in [2.24, 2.45) is 5.92 Å². The zero-order valence-electron chi connectivity index (χ0n) is 16.4. The molecular formula is C22H32O3. The Hall–Kier alpha value is -1.63. The predicted molar refractivity (Wildman–Crippen MR) is 103 cm³/mol. The first-order valence-electron chi connectivity index (χ1n) is 8.94. The first-order chi connectivity index (χ1) is 11.8. The highest BCUT2D eigenvalue weighted by Gasteiger charge is 2.22. The summed E-state index contributed by atoms with van der Waals surface area (Å²) in [6.45, 7) is 12.2. The third-order valence-electron chi connectivity index (χ3n) is 4.69. The molecular weight excluding hydrogens is 312 g/mol. The number of allylic oxidation sites excluding steroid dienone is 5. The lowest BCUT2D eigenvalue weighted by Crippen LogP contribution is -2.27. The maximum absolute atomic E-state index is 12.5. The molecule has 0 heterocycles. The molecule has 138 valence electrons. The second kappa shape index (κ2) is 10.4. The van der Waals surface area contributed by atoms with Crippen LogP contribution in [0.1, 0.15) is 59.8 Å². The maximum Gasteiger partial charge on any atom is 0.159 e. The molecule has 25 heavy (non-hydrogen) atoms. The summed E-state index contributed by atoms with van der Waals surface area (Å²) in [6, 6.07) is 0. The van der Waals surface area contributed by atoms with Crippen LogP contribution in [0.3, 0.4) is 0 Å². The van der Waals surface area contributed by atoms with Crippen LogP contribution in [0, 0.1) is 17.8 Å². The van der Waals surface area contributed by atoms with E-state index >= 15 is 0 Å². The summed E-state index contributed by atoms with van der Waals surface area (Å²) in [6.07, 6.45) is 8.09. The lowest BCUT2D eigenvalue weighted by atomic mass is 9.87. The van der Waals surface area contributed by atoms with Crippen molar-refractivity contribution in [3.63, 3.8) is 0 Å². The zero-order valence-corrected chi connectivity index (χ0v) is 16.4. The molecule has 0 aliphatic heterocycles. The number of ether oxygens (including phenoxy) is 2. The highest BCUT2D eigenvalue weighted by Crippen LogP contribution is 2.25. The number of carbonyl (C=O) groups excluding carboxylic acids is 1. The fourth-order valence-electron chi connectivity index (χ4n) is 2.74. The Kier molecular flexibility index (Phi) is 8.89. The van der Waals surface area contributed by atoms with Crippen LogP contribution in [0.25, 0.3) is 0 Å². The van der Waals surface area contributed by atoms with Gasteiger partial charge in [-0.25, -0.2) is 0 Å². The van der Waals surface area contributed by atoms with E-state index in [1.165, 1.54) is 5.57 Å². The van der Waals surface area contributed by atoms with Crippen molar-refractivity contribution in [3.05, 3.63) is 35.5 Å². The second-order valence-corrected chi connectivity index (χ2v) is 7.18. The molecule has 1 rings (SSSR count). The lowest BCUT2D eigenvalue weighted by molar-refractivity contribution is -0.116. The first-order valence-corrected chi connectivity index (χ1v) is 8.94. The third kappa shape index (κ3) is 7.86. The van der Waals surface area contributed by atoms with E-state index in [2.05, 4.69) is 31.4 Å². The van der Waals surface area contributed by atoms with Crippen LogP contribution in [-0.2, 0) is 14.3 Å². The van der Waals surface area contributed by atoms with Gasteiger partial charge in [0.25, 0.3) is 0 Å². The summed E-state index contributed by atoms with van der Waals surface area (Å²) in [5.41, 5.74) is 2.52. The van der Waals surface area contributed by atoms with Crippen molar-refractivity contribution in [1.29, 1.82) is 0 Å². The number of rotatable bonds is 4. The number of methoxy groups -OCH3 is 1. The Labute approximate surface area is 153 Å². The Morgan fingerprint density at radius 3 is 2.80 bits per heavy atom. The van der Waals surface area contributed by atoms with E-state index in [0.29, 0.717) is 12.0 Å². The smallest absolute Gasteiger partial charge is 0.159 e. The average Bonchev–Trinajstić information content (AvgIpc) is 2.55. The first kappa shape index (κ1) is 21.4. The largest absolute Gasteiger partial charge is 0.359 e. The van der Waals surface area contributed by atoms with E-state index < -0.39 is 5.60 Å². The van der Waals surface area contributed by atoms with E-state index in [-0.39, 0.29) is 18.5 Å². The van der Waals surface area contributed by atoms with Gasteiger partial charge in [0, 0.05) is 19.1 Å². The molecule has 1 aliphatic rings. The van der Waals surface area contributed by atoms with Gasteiger partial charge in [-0.1, -0.05) is 35.6 Å². The van der Waals surface area contributed by atoms with E-state index in [4.69, 9.17) is 9.47 Å². The number of ketones is 1. The summed E-state index contributed by atoms with van der Waals surface area (Å²) in [4.78, 5) is 12.5. The minimum Gasteiger partial charge on any atom is -0.359 e. The summed E-state index contributed by atoms with van der Waals surface area (Å²) >= 11 is 0. The molecule has 0 radical (unpaired) electrons. The SMILES string of the molecule is C=C(C)C1CC/C(C)=C/CCC(C)(OCOC)C#C/C=C(/C)C(=O)C1. The fourth-order valence-corrected chi connectivity index (χ4v) is 2.74. The number of Topliss-reactive ketones (excluding diaryl/α,β-unsaturated/α-hetero) is 1. The van der Waals surface area contributed by atoms with Gasteiger partial charge in [0.1, 0.15) is 12.4 Å². The van der Waals surface area contributed by atoms with Crippen LogP contribution in [0.2, 0.25) is 0 Å². The van der Waals surface area contributed by atoms with Crippen molar-refractivity contribution >= 4 is 5.78 Å². The van der Waals surface area contributed by atoms with Gasteiger partial charge in [-0.2, -0.15) is 0 Å². The van der Waals surface area contributed by atoms with Gasteiger partial charge >= 0.3 is 0 Å². The standard InChI is InChI=1S/C22H32O3/c1-17(2)20-12-11-18(3)9-7-13-22(5,25-16-24-6)14-8-10-19(4)21(23)15-20/h9-10,20H,1,7,11-13,15-16H2,2-6H3/b18-9+,19-10-. The molecule has 0 fully saturated rings. The molecule has 0 spiro atoms. The highest BCUT2D eigenvalue weighted by molar-refractivity contribution is 5.95. The van der Waals surface area contributed by atoms with Crippen LogP contribution in [0.4, 0.5) is 0 Å². The topological polar surface area (TPSA) is 35.5 Å². The van der Waals surface area contributed by atoms with Crippen LogP contribution >= 0.6 is 0 Å². The third-order valence-corrected chi connectivity index (χ3v) is 4.69. The second-order valence-electron chi connectivity index (χ2n) is 7.18. The van der Waals surface area contributed by atoms with Gasteiger partial charge in [0.05, 0.1) is 0 Å². The Morgan fingerprint density at radius 2 is 2.16 bits per heavy atom. The zero-order chi connectivity index (χ0) is 18.9. The van der Waals surface area contributed by atoms with Crippen LogP contribution < -0.4 is 0 Å². The monoisotopic (exact) mass is 344 g/mol. The van der Waals surface area contributed by atoms with Crippen LogP contribution in [0.15, 0.2) is 35.5 Å². The molecule has 0 aromatic carbocycles. The molecule has 0 N–H and O–H groups in total. The molecule has 0 aromatic rings. The molecule has 0 amide bonds. The molecule has 2 unspecified atom stereocenters. The molecule has 0 bridgehead atoms. The molecule has 0 saturated carbocycles. The van der Waals surface area contributed by atoms with Gasteiger partial charge in [0.15, 0.2) is 5.78 Å². The van der Waals surface area contributed by atoms with Gasteiger partial charge in [-0.15, -0.1) is 0 Å². The number of hydrogen-bond donors (Lipinski definition) is 0. The lowest BCUT2D eigenvalue weighted by Gasteiger charge is -2.23. The minimum absolute atomic E-state index is 0.139. The van der Waals surface area contributed by atoms with Gasteiger partial charge in [-0.05, 0) is 65.4 Å². The van der Waals surface area contributed by atoms with E-state index in [1.54, 1.807) is 13.2 Å². The van der Waals surface area contributed by atoms with Gasteiger partial charge in [-0.3, -0.25) is 4.79 Å². The normalized spacial score (nSPS) is 30.1. The number of hydrogen-bond acceptors (Lipinski definition) is 3. The average molecular weight is 344 g/mol. The summed E-state index contributed by atoms with van der Waals surface area (Å²) in [7, 11) is 1.60. The van der Waals surface area contributed by atoms with Crippen molar-refractivity contribution in [2.75, 3.05) is 13.9 Å². The fraction of sp³-hybridized carbons (Fsp3) is 0.591. The molecule has 1 aliphatic carbocycles. The predicted octanol–water partition coefficient (Wildman–Crippen LogP) is 4.99. The summed E-state index contributed by atoms with van der Waals surface area (Å²) in [5, 5.41) is 0. The molecule has 3 heteroatoms. The van der Waals surface area contributed by atoms with Crippen molar-refractivity contribution in [2.45, 2.75) is 65.4 Å². The summed E-state index contributed by atoms with van der Waals surface area (Å²) in [5.74, 6) is 6.54. The highest BCUT2D eigenvalue weighted by atomic mass is 16.7. The summed E-state index contributed by atoms with van der Waals surface area (Å²) < 4.78 is 10.8. The van der Waals surface area contributed by atoms with Crippen LogP contribution in [0.5, 0.6) is 0 Å². The van der Waals surface area contributed by atoms with Crippen molar-refractivity contribution in [3.8, 4) is 11.8 Å². The van der Waals surface area contributed by atoms with Crippen LogP contribution in [-0.4, -0.2) is 25.3 Å². The van der Waals surface area contributed by atoms with Gasteiger partial charge in [0.2, 0.25) is 0 Å². The molecule has 0 aromatic heterocycles. The quantitative estimate of drug-likeness (QED) is 0.409. The molecule has 3 nitrogen and oxygen atoms in total. The maximum atomic E-state index is 12.5. The Morgan fingerprint density at radius 1 is 1.44 bits per heavy atom. The van der Waals surface area contributed by atoms with E-state index in [0.717, 1.165) is 31.3 Å². The van der Waals surface area contributed by atoms with E-state index in [1.807, 2.05) is 20.8 Å². The number of carbonyl (C=O) groups is 1. The minimum atomic E-state index is -0.586. The Bertz CT molecular complexity index is 600. The molecule has 2 atom stereocenters. The van der Waals surface area contributed by atoms with E-state index in [9.17, 15) is 4.79 Å². The van der Waals surface area contributed by atoms with Crippen molar-refractivity contribution in [1.82, 2.24) is 0 Å². The molecule has 0 saturated heterocycles. The Balaban J connectivity index is 3.08.